The summed E-state index contributed by atoms with van der Waals surface area (Å²) >= 11 is 1.24. The first-order chi connectivity index (χ1) is 9.40. The fourth-order valence-corrected chi connectivity index (χ4v) is 2.88. The molecule has 0 bridgehead atoms. The molecule has 0 saturated heterocycles. The summed E-state index contributed by atoms with van der Waals surface area (Å²) in [4.78, 5) is 23.9. The molecule has 7 heteroatoms. The van der Waals surface area contributed by atoms with Crippen LogP contribution in [0.4, 0.5) is 9.80 Å². The lowest BCUT2D eigenvalue weighted by Gasteiger charge is -2.16. The van der Waals surface area contributed by atoms with E-state index in [1.54, 1.807) is 6.92 Å². The van der Waals surface area contributed by atoms with Crippen LogP contribution in [0, 0.1) is 13.8 Å². The van der Waals surface area contributed by atoms with Crippen molar-refractivity contribution in [3.8, 4) is 0 Å². The highest BCUT2D eigenvalue weighted by molar-refractivity contribution is 7.16. The van der Waals surface area contributed by atoms with Gasteiger partial charge in [0.05, 0.1) is 5.56 Å². The highest BCUT2D eigenvalue weighted by Crippen LogP contribution is 2.32. The van der Waals surface area contributed by atoms with Crippen molar-refractivity contribution in [3.63, 3.8) is 0 Å². The number of nitrogens with one attached hydrogen (secondary N) is 2. The summed E-state index contributed by atoms with van der Waals surface area (Å²) in [6.07, 6.45) is 1.17. The van der Waals surface area contributed by atoms with E-state index >= 15 is 0 Å². The maximum Gasteiger partial charge on any atom is 0.338 e. The molecule has 1 rings (SSSR count). The van der Waals surface area contributed by atoms with Gasteiger partial charge in [0.1, 0.15) is 5.00 Å². The predicted octanol–water partition coefficient (Wildman–Crippen LogP) is 2.35. The normalized spacial score (nSPS) is 12.0. The highest BCUT2D eigenvalue weighted by atomic mass is 32.1. The van der Waals surface area contributed by atoms with E-state index in [1.807, 2.05) is 13.8 Å². The van der Waals surface area contributed by atoms with Crippen LogP contribution in [0.5, 0.6) is 0 Å². The van der Waals surface area contributed by atoms with Crippen molar-refractivity contribution < 1.29 is 19.8 Å². The molecule has 0 aliphatic heterocycles. The molecule has 0 aromatic carbocycles. The number of carboxylic acids is 1. The number of amides is 2. The van der Waals surface area contributed by atoms with Gasteiger partial charge in [-0.1, -0.05) is 6.92 Å². The molecule has 6 nitrogen and oxygen atoms in total. The molecule has 1 heterocycles. The second-order valence-electron chi connectivity index (χ2n) is 4.51. The fraction of sp³-hybridized carbons (Fsp3) is 0.538. The molecule has 0 fully saturated rings. The number of hydrogen-bond acceptors (Lipinski definition) is 4. The van der Waals surface area contributed by atoms with E-state index in [9.17, 15) is 14.7 Å². The van der Waals surface area contributed by atoms with Gasteiger partial charge in [-0.15, -0.1) is 11.3 Å². The van der Waals surface area contributed by atoms with Gasteiger partial charge in [-0.25, -0.2) is 9.59 Å². The topological polar surface area (TPSA) is 98.7 Å². The fourth-order valence-electron chi connectivity index (χ4n) is 1.83. The summed E-state index contributed by atoms with van der Waals surface area (Å²) in [5.74, 6) is -1.05. The van der Waals surface area contributed by atoms with Crippen LogP contribution in [0.1, 0.15) is 40.6 Å². The minimum Gasteiger partial charge on any atom is -0.478 e. The number of carbonyl (C=O) groups is 2. The quantitative estimate of drug-likeness (QED) is 0.648. The molecule has 1 aromatic rings. The van der Waals surface area contributed by atoms with Crippen molar-refractivity contribution in [3.05, 3.63) is 16.0 Å². The first-order valence-corrected chi connectivity index (χ1v) is 7.24. The Morgan fingerprint density at radius 3 is 2.50 bits per heavy atom. The van der Waals surface area contributed by atoms with E-state index in [-0.39, 0.29) is 18.2 Å². The average Bonchev–Trinajstić information content (AvgIpc) is 2.63. The Hall–Kier alpha value is -1.60. The number of hydrogen-bond donors (Lipinski definition) is 4. The molecule has 1 atom stereocenters. The number of aliphatic hydroxyl groups is 1. The van der Waals surface area contributed by atoms with Crippen LogP contribution < -0.4 is 10.6 Å². The first kappa shape index (κ1) is 16.5. The third-order valence-corrected chi connectivity index (χ3v) is 4.25. The maximum absolute atomic E-state index is 11.9. The van der Waals surface area contributed by atoms with Gasteiger partial charge >= 0.3 is 12.0 Å². The van der Waals surface area contributed by atoms with Gasteiger partial charge in [-0.05, 0) is 32.3 Å². The Morgan fingerprint density at radius 2 is 2.00 bits per heavy atom. The number of carbonyl (C=O) groups excluding carboxylic acids is 1. The Kier molecular flexibility index (Phi) is 5.97. The largest absolute Gasteiger partial charge is 0.478 e. The smallest absolute Gasteiger partial charge is 0.338 e. The Morgan fingerprint density at radius 1 is 1.35 bits per heavy atom. The van der Waals surface area contributed by atoms with Crippen LogP contribution in [-0.4, -0.2) is 34.9 Å². The summed E-state index contributed by atoms with van der Waals surface area (Å²) in [5, 5.41) is 23.7. The molecule has 0 aliphatic rings. The van der Waals surface area contributed by atoms with Crippen molar-refractivity contribution >= 4 is 28.3 Å². The monoisotopic (exact) mass is 300 g/mol. The second-order valence-corrected chi connectivity index (χ2v) is 5.73. The second kappa shape index (κ2) is 7.25. The molecule has 0 radical (unpaired) electrons. The van der Waals surface area contributed by atoms with Crippen molar-refractivity contribution in [2.45, 2.75) is 39.7 Å². The number of aryl methyl sites for hydroxylation is 1. The molecule has 112 valence electrons. The van der Waals surface area contributed by atoms with Crippen LogP contribution in [-0.2, 0) is 0 Å². The Balaban J connectivity index is 2.80. The minimum atomic E-state index is -1.05. The molecule has 20 heavy (non-hydrogen) atoms. The number of aromatic carboxylic acids is 1. The molecule has 4 N–H and O–H groups in total. The van der Waals surface area contributed by atoms with Gasteiger partial charge in [0.25, 0.3) is 0 Å². The third-order valence-electron chi connectivity index (χ3n) is 3.13. The number of aliphatic hydroxyl groups excluding tert-OH is 1. The summed E-state index contributed by atoms with van der Waals surface area (Å²) in [7, 11) is 0. The lowest BCUT2D eigenvalue weighted by atomic mass is 10.1. The van der Waals surface area contributed by atoms with E-state index in [0.717, 1.165) is 4.88 Å². The average molecular weight is 300 g/mol. The van der Waals surface area contributed by atoms with Gasteiger partial charge in [-0.2, -0.15) is 0 Å². The lowest BCUT2D eigenvalue weighted by Crippen LogP contribution is -2.38. The van der Waals surface area contributed by atoms with Gasteiger partial charge < -0.3 is 15.5 Å². The predicted molar refractivity (Wildman–Crippen MR) is 78.7 cm³/mol. The molecular formula is C13H20N2O4S. The highest BCUT2D eigenvalue weighted by Gasteiger charge is 2.20. The van der Waals surface area contributed by atoms with E-state index in [1.165, 1.54) is 11.3 Å². The van der Waals surface area contributed by atoms with Gasteiger partial charge in [0.2, 0.25) is 0 Å². The molecular weight excluding hydrogens is 280 g/mol. The summed E-state index contributed by atoms with van der Waals surface area (Å²) < 4.78 is 0. The van der Waals surface area contributed by atoms with Crippen molar-refractivity contribution in [1.29, 1.82) is 0 Å². The molecule has 0 saturated carbocycles. The Bertz CT molecular complexity index is 499. The van der Waals surface area contributed by atoms with E-state index < -0.39 is 12.0 Å². The van der Waals surface area contributed by atoms with Crippen molar-refractivity contribution in [1.82, 2.24) is 5.32 Å². The zero-order valence-electron chi connectivity index (χ0n) is 11.8. The third kappa shape index (κ3) is 3.94. The summed E-state index contributed by atoms with van der Waals surface area (Å²) in [5.41, 5.74) is 0.804. The molecule has 1 unspecified atom stereocenters. The van der Waals surface area contributed by atoms with Crippen LogP contribution in [0.15, 0.2) is 0 Å². The van der Waals surface area contributed by atoms with E-state index in [2.05, 4.69) is 10.6 Å². The van der Waals surface area contributed by atoms with Crippen LogP contribution in [0.2, 0.25) is 0 Å². The SMILES string of the molecule is CCC(CCO)NC(=O)Nc1sc(C)c(C)c1C(=O)O. The number of carboxylic acid groups (broad SMARTS) is 1. The lowest BCUT2D eigenvalue weighted by molar-refractivity contribution is 0.0697. The van der Waals surface area contributed by atoms with Gasteiger partial charge in [-0.3, -0.25) is 5.32 Å². The number of anilines is 1. The van der Waals surface area contributed by atoms with Crippen LogP contribution in [0.3, 0.4) is 0 Å². The number of urea groups is 1. The van der Waals surface area contributed by atoms with Gasteiger partial charge in [0, 0.05) is 17.5 Å². The van der Waals surface area contributed by atoms with Crippen LogP contribution >= 0.6 is 11.3 Å². The van der Waals surface area contributed by atoms with Gasteiger partial charge in [0.15, 0.2) is 0 Å². The van der Waals surface area contributed by atoms with Crippen molar-refractivity contribution in [2.75, 3.05) is 11.9 Å². The molecule has 0 spiro atoms. The van der Waals surface area contributed by atoms with Crippen molar-refractivity contribution in [2.24, 2.45) is 0 Å². The molecule has 1 aromatic heterocycles. The molecule has 0 aliphatic carbocycles. The van der Waals surface area contributed by atoms with E-state index in [4.69, 9.17) is 5.11 Å². The minimum absolute atomic E-state index is 0.00359. The maximum atomic E-state index is 11.9. The molecule has 2 amide bonds. The van der Waals surface area contributed by atoms with E-state index in [0.29, 0.717) is 23.4 Å². The standard InChI is InChI=1S/C13H20N2O4S/c1-4-9(5-6-16)14-13(19)15-11-10(12(17)18)7(2)8(3)20-11/h9,16H,4-6H2,1-3H3,(H,17,18)(H2,14,15,19). The zero-order valence-corrected chi connectivity index (χ0v) is 12.6. The number of thiophene rings is 1. The zero-order chi connectivity index (χ0) is 15.3. The summed E-state index contributed by atoms with van der Waals surface area (Å²) in [6, 6.07) is -0.579. The first-order valence-electron chi connectivity index (χ1n) is 6.42. The summed E-state index contributed by atoms with van der Waals surface area (Å²) in [6.45, 7) is 5.44. The Labute approximate surface area is 121 Å². The number of rotatable bonds is 6. The van der Waals surface area contributed by atoms with Crippen LogP contribution in [0.25, 0.3) is 0 Å².